The van der Waals surface area contributed by atoms with E-state index in [1.807, 2.05) is 152 Å². The molecule has 0 fully saturated rings. The zero-order valence-electron chi connectivity index (χ0n) is 37.8. The van der Waals surface area contributed by atoms with Crippen LogP contribution < -0.4 is 5.10 Å². The zero-order valence-corrected chi connectivity index (χ0v) is 43.9. The number of alkyl halides is 3. The number of pyridine rings is 8. The van der Waals surface area contributed by atoms with Gasteiger partial charge in [-0.1, -0.05) is 54.2 Å². The van der Waals surface area contributed by atoms with Crippen molar-refractivity contribution in [3.05, 3.63) is 189 Å². The van der Waals surface area contributed by atoms with Gasteiger partial charge in [-0.05, 0) is 103 Å². The molecular weight excluding hydrogens is 1300 g/mol. The molecule has 0 saturated heterocycles. The largest absolute Gasteiger partial charge is 2.00 e. The Bertz CT molecular complexity index is 3000. The SMILES string of the molecule is F[P-](F)(F)(F)(F)F.F[P-](F)(F)(F)(F)F.O=S(=O)([O-])C(F)(F)F.[Ru+2].[Ru+2].c1ccc(-c2cc(-c3ccccn3)[n-]n2)nc1.c1ccc(-c2cccc(-c3ccccn3)n2)nc1.c1ccc(-c2cccc(-c3ccccn3)n2)nc1. The van der Waals surface area contributed by atoms with Gasteiger partial charge in [-0.2, -0.15) is 13.2 Å². The number of hydrogen-bond acceptors (Lipinski definition) is 12. The normalized spacial score (nSPS) is 12.7. The summed E-state index contributed by atoms with van der Waals surface area (Å²) in [5, 5.41) is 8.22. The van der Waals surface area contributed by atoms with E-state index in [1.54, 1.807) is 37.2 Å². The standard InChI is InChI=1S/2C15H11N3.C13H9N4.CHF3O3S.2F6P.2Ru/c2*1-3-10-16-12(6-1)14-8-5-9-15(18-14)13-7-2-4-11-17-13;1-3-7-14-10(5-1)12-9-13(17-16-12)11-6-2-4-8-15-11;2-1(3,4)8(5,6)7;2*1-7(2,3,4,5)6;;/h2*1-11H;1-9H;(H,5,6,7);;;;/q;;-1;;2*-1;2*+2/p-1. The number of rotatable bonds is 6. The van der Waals surface area contributed by atoms with Gasteiger partial charge in [0, 0.05) is 42.9 Å². The summed E-state index contributed by atoms with van der Waals surface area (Å²) >= 11 is 0. The van der Waals surface area contributed by atoms with E-state index < -0.39 is 31.2 Å². The first-order valence-electron chi connectivity index (χ1n) is 20.0. The summed E-state index contributed by atoms with van der Waals surface area (Å²) in [6.07, 6.45) is 10.6. The summed E-state index contributed by atoms with van der Waals surface area (Å²) in [4.78, 5) is 34.8. The molecule has 33 heteroatoms. The summed E-state index contributed by atoms with van der Waals surface area (Å²) in [6.45, 7) is 0. The molecule has 0 N–H and O–H groups in total. The number of nitrogens with zero attached hydrogens (tertiary/aromatic N) is 10. The maximum absolute atomic E-state index is 10.7. The van der Waals surface area contributed by atoms with Crippen LogP contribution in [0.1, 0.15) is 0 Å². The third-order valence-electron chi connectivity index (χ3n) is 7.88. The van der Waals surface area contributed by atoms with Crippen LogP contribution in [0.4, 0.5) is 63.5 Å². The van der Waals surface area contributed by atoms with Gasteiger partial charge in [0.2, 0.25) is 0 Å². The van der Waals surface area contributed by atoms with Crippen LogP contribution in [0.3, 0.4) is 0 Å². The molecule has 9 heterocycles. The van der Waals surface area contributed by atoms with Crippen molar-refractivity contribution in [2.45, 2.75) is 5.51 Å². The van der Waals surface area contributed by atoms with Gasteiger partial charge in [0.1, 0.15) is 0 Å². The van der Waals surface area contributed by atoms with Crippen molar-refractivity contribution in [1.82, 2.24) is 50.1 Å². The van der Waals surface area contributed by atoms with Gasteiger partial charge in [0.15, 0.2) is 10.1 Å². The fraction of sp³-hybridized carbons (Fsp3) is 0.0227. The molecule has 0 unspecified atom stereocenters. The summed E-state index contributed by atoms with van der Waals surface area (Å²) in [6, 6.07) is 48.3. The summed E-state index contributed by atoms with van der Waals surface area (Å²) in [5.41, 5.74) is 4.46. The van der Waals surface area contributed by atoms with E-state index in [9.17, 15) is 63.5 Å². The first-order chi connectivity index (χ1) is 34.4. The molecule has 0 aliphatic heterocycles. The second-order valence-electron chi connectivity index (χ2n) is 14.0. The fourth-order valence-corrected chi connectivity index (χ4v) is 5.07. The van der Waals surface area contributed by atoms with Crippen molar-refractivity contribution < 1.29 is 115 Å². The van der Waals surface area contributed by atoms with E-state index in [0.29, 0.717) is 0 Å². The van der Waals surface area contributed by atoms with Crippen LogP contribution in [-0.2, 0) is 49.1 Å². The smallest absolute Gasteiger partial charge is 0.741 e. The Labute approximate surface area is 451 Å². The first-order valence-corrected chi connectivity index (χ1v) is 25.5. The predicted molar refractivity (Wildman–Crippen MR) is 248 cm³/mol. The molecule has 0 radical (unpaired) electrons. The molecule has 77 heavy (non-hydrogen) atoms. The minimum absolute atomic E-state index is 0. The van der Waals surface area contributed by atoms with Crippen molar-refractivity contribution in [3.63, 3.8) is 0 Å². The maximum Gasteiger partial charge on any atom is 2.00 e. The Morgan fingerprint density at radius 1 is 0.364 bits per heavy atom. The molecule has 9 aromatic heterocycles. The van der Waals surface area contributed by atoms with Crippen molar-refractivity contribution in [3.8, 4) is 68.3 Å². The number of aromatic nitrogens is 10. The van der Waals surface area contributed by atoms with E-state index in [0.717, 1.165) is 68.3 Å². The van der Waals surface area contributed by atoms with Crippen LogP contribution in [0, 0.1) is 0 Å². The van der Waals surface area contributed by atoms with Crippen molar-refractivity contribution in [1.29, 1.82) is 0 Å². The van der Waals surface area contributed by atoms with Crippen LogP contribution in [0.2, 0.25) is 0 Å². The zero-order chi connectivity index (χ0) is 55.7. The quantitative estimate of drug-likeness (QED) is 0.0503. The summed E-state index contributed by atoms with van der Waals surface area (Å²) in [5.74, 6) is 0. The van der Waals surface area contributed by atoms with E-state index >= 15 is 0 Å². The van der Waals surface area contributed by atoms with Crippen molar-refractivity contribution >= 4 is 25.7 Å². The molecule has 0 bridgehead atoms. The maximum atomic E-state index is 10.7. The molecule has 9 aromatic rings. The van der Waals surface area contributed by atoms with Gasteiger partial charge in [-0.3, -0.25) is 29.9 Å². The third kappa shape index (κ3) is 29.5. The second kappa shape index (κ2) is 25.7. The topological polar surface area (TPSA) is 187 Å². The molecule has 0 atom stereocenters. The summed E-state index contributed by atoms with van der Waals surface area (Å²) in [7, 11) is -27.4. The predicted octanol–water partition coefficient (Wildman–Crippen LogP) is 15.4. The van der Waals surface area contributed by atoms with Crippen LogP contribution in [-0.4, -0.2) is 63.4 Å². The third-order valence-corrected chi connectivity index (χ3v) is 8.45. The average molecular weight is 1330 g/mol. The minimum atomic E-state index is -10.7. The molecule has 412 valence electrons. The summed E-state index contributed by atoms with van der Waals surface area (Å²) < 4.78 is 177. The van der Waals surface area contributed by atoms with Crippen LogP contribution in [0.15, 0.2) is 189 Å². The molecule has 0 aliphatic rings. The van der Waals surface area contributed by atoms with Crippen LogP contribution in [0.25, 0.3) is 68.3 Å². The Balaban J connectivity index is 0.000000330. The minimum Gasteiger partial charge on any atom is -0.741 e. The van der Waals surface area contributed by atoms with Gasteiger partial charge >= 0.3 is 110 Å². The van der Waals surface area contributed by atoms with E-state index in [2.05, 4.69) is 50.1 Å². The van der Waals surface area contributed by atoms with E-state index in [-0.39, 0.29) is 39.0 Å². The van der Waals surface area contributed by atoms with Crippen molar-refractivity contribution in [2.75, 3.05) is 0 Å². The molecule has 9 rings (SSSR count). The van der Waals surface area contributed by atoms with E-state index in [4.69, 9.17) is 13.0 Å². The molecule has 13 nitrogen and oxygen atoms in total. The Morgan fingerprint density at radius 2 is 0.571 bits per heavy atom. The Hall–Kier alpha value is -6.62. The van der Waals surface area contributed by atoms with Gasteiger partial charge in [0.05, 0.1) is 56.9 Å². The van der Waals surface area contributed by atoms with Crippen LogP contribution >= 0.6 is 15.6 Å². The Kier molecular flexibility index (Phi) is 22.2. The molecular formula is C44H31F15N10O3P2Ru2S. The van der Waals surface area contributed by atoms with Crippen molar-refractivity contribution in [2.24, 2.45) is 0 Å². The molecule has 0 aliphatic carbocycles. The molecule has 0 saturated carbocycles. The molecule has 0 amide bonds. The fourth-order valence-electron chi connectivity index (χ4n) is 5.07. The second-order valence-corrected chi connectivity index (χ2v) is 19.2. The molecule has 0 spiro atoms. The molecule has 0 aromatic carbocycles. The van der Waals surface area contributed by atoms with Gasteiger partial charge < -0.3 is 14.8 Å². The Morgan fingerprint density at radius 3 is 0.779 bits per heavy atom. The monoisotopic (exact) mass is 1330 g/mol. The number of halogens is 15. The van der Waals surface area contributed by atoms with Gasteiger partial charge in [0.25, 0.3) is 0 Å². The number of hydrogen-bond donors (Lipinski definition) is 0. The van der Waals surface area contributed by atoms with E-state index in [1.165, 1.54) is 0 Å². The van der Waals surface area contributed by atoms with Gasteiger partial charge in [-0.25, -0.2) is 18.4 Å². The van der Waals surface area contributed by atoms with Crippen LogP contribution in [0.5, 0.6) is 0 Å². The van der Waals surface area contributed by atoms with Gasteiger partial charge in [-0.15, -0.1) is 0 Å². The first kappa shape index (κ1) is 66.5. The average Bonchev–Trinajstić information content (AvgIpc) is 3.85.